The number of thioether (sulfide) groups is 1. The molecule has 0 aliphatic carbocycles. The number of benzene rings is 1. The van der Waals surface area contributed by atoms with E-state index >= 15 is 0 Å². The van der Waals surface area contributed by atoms with Crippen molar-refractivity contribution in [3.05, 3.63) is 23.3 Å². The van der Waals surface area contributed by atoms with Gasteiger partial charge in [-0.15, -0.1) is 0 Å². The summed E-state index contributed by atoms with van der Waals surface area (Å²) < 4.78 is 58.1. The van der Waals surface area contributed by atoms with Crippen LogP contribution in [0.4, 0.5) is 23.7 Å². The van der Waals surface area contributed by atoms with Gasteiger partial charge in [0.25, 0.3) is 11.8 Å². The summed E-state index contributed by atoms with van der Waals surface area (Å²) in [4.78, 5) is 58.1. The minimum absolute atomic E-state index is 0.0121. The van der Waals surface area contributed by atoms with Crippen LogP contribution >= 0.6 is 11.8 Å². The van der Waals surface area contributed by atoms with Gasteiger partial charge in [0.15, 0.2) is 4.75 Å². The molecule has 0 saturated carbocycles. The van der Waals surface area contributed by atoms with Crippen molar-refractivity contribution in [2.24, 2.45) is 0 Å². The van der Waals surface area contributed by atoms with Crippen LogP contribution in [-0.4, -0.2) is 96.1 Å². The molecule has 0 radical (unpaired) electrons. The number of nitrogens with zero attached hydrogens (tertiary/aromatic N) is 3. The number of hydrogen-bond acceptors (Lipinski definition) is 8. The molecular formula is C32H46F3N3O7S. The molecule has 1 unspecified atom stereocenters. The summed E-state index contributed by atoms with van der Waals surface area (Å²) in [5.41, 5.74) is -2.40. The van der Waals surface area contributed by atoms with Crippen molar-refractivity contribution in [3.63, 3.8) is 0 Å². The van der Waals surface area contributed by atoms with Crippen LogP contribution < -0.4 is 4.90 Å². The van der Waals surface area contributed by atoms with Gasteiger partial charge in [0, 0.05) is 44.3 Å². The van der Waals surface area contributed by atoms with Gasteiger partial charge in [-0.05, 0) is 86.3 Å². The molecule has 0 N–H and O–H groups in total. The third-order valence-electron chi connectivity index (χ3n) is 7.77. The van der Waals surface area contributed by atoms with Gasteiger partial charge in [-0.25, -0.2) is 9.59 Å². The molecule has 46 heavy (non-hydrogen) atoms. The lowest BCUT2D eigenvalue weighted by Gasteiger charge is -2.42. The van der Waals surface area contributed by atoms with Crippen LogP contribution in [0, 0.1) is 0 Å². The monoisotopic (exact) mass is 673 g/mol. The maximum Gasteiger partial charge on any atom is 0.417 e. The lowest BCUT2D eigenvalue weighted by molar-refractivity contribution is -0.148. The molecule has 2 aliphatic rings. The van der Waals surface area contributed by atoms with Crippen LogP contribution in [-0.2, 0) is 30.0 Å². The fourth-order valence-corrected chi connectivity index (χ4v) is 6.90. The van der Waals surface area contributed by atoms with Gasteiger partial charge in [0.05, 0.1) is 29.5 Å². The molecule has 258 valence electrons. The van der Waals surface area contributed by atoms with Gasteiger partial charge in [0.2, 0.25) is 0 Å². The number of carbonyl (C=O) groups is 4. The Bertz CT molecular complexity index is 1300. The maximum atomic E-state index is 14.7. The first-order valence-corrected chi connectivity index (χ1v) is 16.4. The van der Waals surface area contributed by atoms with E-state index in [1.165, 1.54) is 28.7 Å². The van der Waals surface area contributed by atoms with E-state index in [1.54, 1.807) is 41.5 Å². The molecule has 0 spiro atoms. The minimum Gasteiger partial charge on any atom is -0.465 e. The van der Waals surface area contributed by atoms with Crippen LogP contribution in [0.2, 0.25) is 0 Å². The number of piperidine rings is 1. The minimum atomic E-state index is -4.93. The van der Waals surface area contributed by atoms with Gasteiger partial charge in [-0.2, -0.15) is 13.2 Å². The Morgan fingerprint density at radius 3 is 2.39 bits per heavy atom. The number of alkyl halides is 3. The number of halogens is 3. The van der Waals surface area contributed by atoms with Crippen molar-refractivity contribution in [2.75, 3.05) is 44.9 Å². The second kappa shape index (κ2) is 14.8. The molecule has 1 saturated heterocycles. The first-order valence-electron chi connectivity index (χ1n) is 15.6. The second-order valence-electron chi connectivity index (χ2n) is 12.9. The third kappa shape index (κ3) is 8.47. The van der Waals surface area contributed by atoms with E-state index in [-0.39, 0.29) is 30.3 Å². The van der Waals surface area contributed by atoms with E-state index < -0.39 is 63.6 Å². The molecule has 2 heterocycles. The molecule has 14 heteroatoms. The van der Waals surface area contributed by atoms with Crippen LogP contribution in [0.1, 0.15) is 90.1 Å². The molecule has 3 amide bonds. The Labute approximate surface area is 273 Å². The fraction of sp³-hybridized carbons (Fsp3) is 0.688. The number of rotatable bonds is 10. The normalized spacial score (nSPS) is 20.4. The Hall–Kier alpha value is -3.00. The second-order valence-corrected chi connectivity index (χ2v) is 14.4. The number of unbranched alkanes of at least 4 members (excludes halogenated alkanes) is 1. The Morgan fingerprint density at radius 1 is 1.15 bits per heavy atom. The molecule has 2 aliphatic heterocycles. The molecule has 1 aromatic rings. The summed E-state index contributed by atoms with van der Waals surface area (Å²) in [6.07, 6.45) is -3.47. The average Bonchev–Trinajstić information content (AvgIpc) is 2.95. The van der Waals surface area contributed by atoms with Crippen molar-refractivity contribution < 1.29 is 46.6 Å². The zero-order valence-electron chi connectivity index (χ0n) is 27.9. The number of carbonyl (C=O) groups excluding carboxylic acids is 4. The number of anilines is 1. The molecule has 2 atom stereocenters. The Kier molecular flexibility index (Phi) is 12.1. The van der Waals surface area contributed by atoms with E-state index in [0.717, 1.165) is 12.1 Å². The largest absolute Gasteiger partial charge is 0.465 e. The Morgan fingerprint density at radius 2 is 1.83 bits per heavy atom. The number of esters is 1. The van der Waals surface area contributed by atoms with Crippen molar-refractivity contribution >= 4 is 41.3 Å². The van der Waals surface area contributed by atoms with Crippen molar-refractivity contribution in [2.45, 2.75) is 108 Å². The van der Waals surface area contributed by atoms with E-state index in [1.807, 2.05) is 0 Å². The zero-order chi connectivity index (χ0) is 34.6. The quantitative estimate of drug-likeness (QED) is 0.166. The van der Waals surface area contributed by atoms with Crippen molar-refractivity contribution in [1.82, 2.24) is 9.80 Å². The van der Waals surface area contributed by atoms with Crippen LogP contribution in [0.25, 0.3) is 0 Å². The van der Waals surface area contributed by atoms with Crippen molar-refractivity contribution in [1.29, 1.82) is 0 Å². The summed E-state index contributed by atoms with van der Waals surface area (Å²) in [5, 5.41) is 0. The number of methoxy groups -OCH3 is 1. The SMILES string of the molecule is CCOC(=O)C1(C)Sc2cc(C(F)(F)F)c(C(=O)N(C(C)C)[C@@H]3CCCN(C(=O)OC(C)(C)C)C3)cc2N(CCCCOC)C1=O. The Balaban J connectivity index is 2.11. The number of fused-ring (bicyclic) bond motifs is 1. The highest BCUT2D eigenvalue weighted by Gasteiger charge is 2.52. The molecule has 3 rings (SSSR count). The molecule has 1 aromatic carbocycles. The third-order valence-corrected chi connectivity index (χ3v) is 9.07. The van der Waals surface area contributed by atoms with Gasteiger partial charge in [0.1, 0.15) is 5.60 Å². The highest BCUT2D eigenvalue weighted by Crippen LogP contribution is 2.49. The van der Waals surface area contributed by atoms with Crippen LogP contribution in [0.15, 0.2) is 17.0 Å². The summed E-state index contributed by atoms with van der Waals surface area (Å²) in [6.45, 7) is 12.5. The van der Waals surface area contributed by atoms with E-state index in [0.29, 0.717) is 50.6 Å². The summed E-state index contributed by atoms with van der Waals surface area (Å²) in [5.74, 6) is -2.36. The summed E-state index contributed by atoms with van der Waals surface area (Å²) in [6, 6.07) is 0.891. The predicted molar refractivity (Wildman–Crippen MR) is 168 cm³/mol. The summed E-state index contributed by atoms with van der Waals surface area (Å²) in [7, 11) is 1.53. The zero-order valence-corrected chi connectivity index (χ0v) is 28.7. The predicted octanol–water partition coefficient (Wildman–Crippen LogP) is 6.14. The highest BCUT2D eigenvalue weighted by atomic mass is 32.2. The smallest absolute Gasteiger partial charge is 0.417 e. The first-order chi connectivity index (χ1) is 21.4. The van der Waals surface area contributed by atoms with Gasteiger partial charge >= 0.3 is 18.2 Å². The van der Waals surface area contributed by atoms with Crippen molar-refractivity contribution in [3.8, 4) is 0 Å². The maximum absolute atomic E-state index is 14.7. The molecule has 0 aromatic heterocycles. The van der Waals surface area contributed by atoms with Crippen LogP contribution in [0.3, 0.4) is 0 Å². The van der Waals surface area contributed by atoms with Gasteiger partial charge in [-0.1, -0.05) is 11.8 Å². The molecule has 10 nitrogen and oxygen atoms in total. The average molecular weight is 674 g/mol. The van der Waals surface area contributed by atoms with E-state index in [2.05, 4.69) is 0 Å². The van der Waals surface area contributed by atoms with Crippen LogP contribution in [0.5, 0.6) is 0 Å². The molecule has 1 fully saturated rings. The first kappa shape index (κ1) is 37.5. The van der Waals surface area contributed by atoms with E-state index in [9.17, 15) is 32.3 Å². The lowest BCUT2D eigenvalue weighted by atomic mass is 9.98. The topological polar surface area (TPSA) is 106 Å². The van der Waals surface area contributed by atoms with Gasteiger partial charge in [-0.3, -0.25) is 9.59 Å². The highest BCUT2D eigenvalue weighted by molar-refractivity contribution is 8.02. The molecular weight excluding hydrogens is 627 g/mol. The number of ether oxygens (including phenoxy) is 3. The number of hydrogen-bond donors (Lipinski definition) is 0. The summed E-state index contributed by atoms with van der Waals surface area (Å²) >= 11 is 0.691. The standard InChI is InChI=1S/C32H46F3N3O7S/c1-9-44-28(41)31(7)27(40)37(15-10-11-16-43-8)24-17-22(23(32(33,34)35)18-25(24)46-31)26(39)38(20(2)3)21-13-12-14-36(19-21)29(42)45-30(4,5)6/h17-18,20-21H,9-16,19H2,1-8H3/t21-,31?/m1/s1. The number of amides is 3. The molecule has 0 bridgehead atoms. The van der Waals surface area contributed by atoms with E-state index in [4.69, 9.17) is 14.2 Å². The fourth-order valence-electron chi connectivity index (χ4n) is 5.67. The lowest BCUT2D eigenvalue weighted by Crippen LogP contribution is -2.55. The van der Waals surface area contributed by atoms with Gasteiger partial charge < -0.3 is 28.9 Å². The number of likely N-dealkylation sites (tertiary alicyclic amines) is 1.